The van der Waals surface area contributed by atoms with Gasteiger partial charge in [0.1, 0.15) is 0 Å². The van der Waals surface area contributed by atoms with E-state index in [0.29, 0.717) is 13.0 Å². The average molecular weight is 260 g/mol. The fraction of sp³-hybridized carbons (Fsp3) is 0.250. The minimum absolute atomic E-state index is 0. The van der Waals surface area contributed by atoms with E-state index in [9.17, 15) is 0 Å². The molecule has 0 heterocycles. The van der Waals surface area contributed by atoms with Crippen molar-refractivity contribution in [2.45, 2.75) is 6.42 Å². The molecule has 1 aromatic carbocycles. The zero-order chi connectivity index (χ0) is 8.27. The number of phenols is 2. The second kappa shape index (κ2) is 5.15. The first-order valence-electron chi connectivity index (χ1n) is 3.45. The van der Waals surface area contributed by atoms with Crippen LogP contribution in [0, 0.1) is 0 Å². The number of aromatic hydroxyl groups is 2. The summed E-state index contributed by atoms with van der Waals surface area (Å²) in [5.41, 5.74) is 6.24. The Labute approximate surface area is 84.9 Å². The van der Waals surface area contributed by atoms with Crippen molar-refractivity contribution in [2.24, 2.45) is 5.73 Å². The van der Waals surface area contributed by atoms with Gasteiger partial charge in [0.15, 0.2) is 11.5 Å². The zero-order valence-corrected chi connectivity index (χ0v) is 7.99. The third kappa shape index (κ3) is 2.82. The van der Waals surface area contributed by atoms with Gasteiger partial charge in [-0.15, -0.1) is 0 Å². The second-order valence-corrected chi connectivity index (χ2v) is 2.36. The van der Waals surface area contributed by atoms with Crippen molar-refractivity contribution in [3.05, 3.63) is 23.8 Å². The van der Waals surface area contributed by atoms with Crippen LogP contribution in [0.4, 0.5) is 0 Å². The monoisotopic (exact) mass is 259 g/mol. The van der Waals surface area contributed by atoms with Crippen LogP contribution in [-0.2, 0) is 26.8 Å². The molecular weight excluding hydrogens is 249 g/mol. The zero-order valence-electron chi connectivity index (χ0n) is 6.43. The van der Waals surface area contributed by atoms with E-state index in [0.717, 1.165) is 5.56 Å². The minimum Gasteiger partial charge on any atom is -0.504 e. The van der Waals surface area contributed by atoms with Crippen LogP contribution in [0.2, 0.25) is 0 Å². The topological polar surface area (TPSA) is 66.5 Å². The molecular formula is C8H11NO2Pd. The van der Waals surface area contributed by atoms with Crippen LogP contribution in [-0.4, -0.2) is 16.8 Å². The number of hydrogen-bond acceptors (Lipinski definition) is 3. The summed E-state index contributed by atoms with van der Waals surface area (Å²) in [5.74, 6) is -0.179. The predicted molar refractivity (Wildman–Crippen MR) is 42.5 cm³/mol. The van der Waals surface area contributed by atoms with E-state index in [-0.39, 0.29) is 31.9 Å². The minimum atomic E-state index is -0.0919. The van der Waals surface area contributed by atoms with Gasteiger partial charge >= 0.3 is 0 Å². The van der Waals surface area contributed by atoms with Crippen molar-refractivity contribution in [2.75, 3.05) is 6.54 Å². The third-order valence-electron chi connectivity index (χ3n) is 1.47. The molecule has 0 aliphatic rings. The summed E-state index contributed by atoms with van der Waals surface area (Å²) in [4.78, 5) is 0. The summed E-state index contributed by atoms with van der Waals surface area (Å²) in [5, 5.41) is 18.0. The Balaban J connectivity index is 0.00000121. The van der Waals surface area contributed by atoms with Crippen molar-refractivity contribution >= 4 is 0 Å². The molecule has 0 aromatic heterocycles. The number of hydrogen-bond donors (Lipinski definition) is 3. The first kappa shape index (κ1) is 11.4. The van der Waals surface area contributed by atoms with Crippen LogP contribution < -0.4 is 5.73 Å². The Morgan fingerprint density at radius 3 is 2.33 bits per heavy atom. The average Bonchev–Trinajstić information content (AvgIpc) is 1.98. The Morgan fingerprint density at radius 1 is 1.17 bits per heavy atom. The number of benzene rings is 1. The molecule has 0 spiro atoms. The molecule has 1 rings (SSSR count). The standard InChI is InChI=1S/C8H11NO2.Pd/c9-4-3-6-1-2-7(10)8(11)5-6;/h1-2,5,10-11H,3-4,9H2;. The molecule has 0 saturated heterocycles. The molecule has 4 heteroatoms. The Morgan fingerprint density at radius 2 is 1.83 bits per heavy atom. The second-order valence-electron chi connectivity index (χ2n) is 2.36. The summed E-state index contributed by atoms with van der Waals surface area (Å²) in [7, 11) is 0. The van der Waals surface area contributed by atoms with Gasteiger partial charge in [0.25, 0.3) is 0 Å². The number of phenolic OH excluding ortho intramolecular Hbond substituents is 2. The van der Waals surface area contributed by atoms with E-state index in [1.54, 1.807) is 6.07 Å². The smallest absolute Gasteiger partial charge is 0.157 e. The van der Waals surface area contributed by atoms with Gasteiger partial charge in [0.05, 0.1) is 0 Å². The largest absolute Gasteiger partial charge is 0.504 e. The SMILES string of the molecule is NCCc1ccc(O)c(O)c1.[Pd]. The third-order valence-corrected chi connectivity index (χ3v) is 1.47. The van der Waals surface area contributed by atoms with Crippen LogP contribution in [0.5, 0.6) is 11.5 Å². The summed E-state index contributed by atoms with van der Waals surface area (Å²) < 4.78 is 0. The number of rotatable bonds is 2. The Kier molecular flexibility index (Phi) is 4.91. The van der Waals surface area contributed by atoms with Gasteiger partial charge in [-0.25, -0.2) is 0 Å². The van der Waals surface area contributed by atoms with Gasteiger partial charge < -0.3 is 15.9 Å². The van der Waals surface area contributed by atoms with Gasteiger partial charge in [0, 0.05) is 20.4 Å². The molecule has 3 nitrogen and oxygen atoms in total. The predicted octanol–water partition coefficient (Wildman–Crippen LogP) is 0.596. The van der Waals surface area contributed by atoms with Crippen molar-refractivity contribution < 1.29 is 30.6 Å². The van der Waals surface area contributed by atoms with Gasteiger partial charge in [-0.05, 0) is 30.7 Å². The van der Waals surface area contributed by atoms with E-state index < -0.39 is 0 Å². The molecule has 12 heavy (non-hydrogen) atoms. The maximum Gasteiger partial charge on any atom is 0.157 e. The van der Waals surface area contributed by atoms with Crippen molar-refractivity contribution in [3.8, 4) is 11.5 Å². The summed E-state index contributed by atoms with van der Waals surface area (Å²) >= 11 is 0. The van der Waals surface area contributed by atoms with Crippen LogP contribution in [0.15, 0.2) is 18.2 Å². The summed E-state index contributed by atoms with van der Waals surface area (Å²) in [6.07, 6.45) is 0.716. The van der Waals surface area contributed by atoms with Gasteiger partial charge in [-0.2, -0.15) is 0 Å². The van der Waals surface area contributed by atoms with Gasteiger partial charge in [-0.1, -0.05) is 6.07 Å². The summed E-state index contributed by atoms with van der Waals surface area (Å²) in [6, 6.07) is 4.71. The molecule has 0 amide bonds. The molecule has 0 aliphatic heterocycles. The summed E-state index contributed by atoms with van der Waals surface area (Å²) in [6.45, 7) is 0.546. The fourth-order valence-electron chi connectivity index (χ4n) is 0.891. The van der Waals surface area contributed by atoms with Crippen LogP contribution in [0.3, 0.4) is 0 Å². The molecule has 70 valence electrons. The van der Waals surface area contributed by atoms with E-state index in [1.807, 2.05) is 0 Å². The van der Waals surface area contributed by atoms with Crippen LogP contribution in [0.1, 0.15) is 5.56 Å². The molecule has 1 aromatic rings. The van der Waals surface area contributed by atoms with Crippen LogP contribution in [0.25, 0.3) is 0 Å². The maximum atomic E-state index is 9.04. The van der Waals surface area contributed by atoms with E-state index >= 15 is 0 Å². The van der Waals surface area contributed by atoms with E-state index in [1.165, 1.54) is 12.1 Å². The number of nitrogens with two attached hydrogens (primary N) is 1. The first-order valence-corrected chi connectivity index (χ1v) is 3.45. The van der Waals surface area contributed by atoms with Gasteiger partial charge in [-0.3, -0.25) is 0 Å². The maximum absolute atomic E-state index is 9.04. The molecule has 4 N–H and O–H groups in total. The Hall–Kier alpha value is -0.558. The first-order chi connectivity index (χ1) is 5.24. The van der Waals surface area contributed by atoms with Crippen molar-refractivity contribution in [1.82, 2.24) is 0 Å². The molecule has 0 saturated carbocycles. The molecule has 0 atom stereocenters. The molecule has 0 radical (unpaired) electrons. The molecule has 0 bridgehead atoms. The van der Waals surface area contributed by atoms with Crippen molar-refractivity contribution in [1.29, 1.82) is 0 Å². The fourth-order valence-corrected chi connectivity index (χ4v) is 0.891. The normalized spacial score (nSPS) is 9.08. The Bertz CT molecular complexity index is 253. The van der Waals surface area contributed by atoms with E-state index in [4.69, 9.17) is 15.9 Å². The molecule has 0 aliphatic carbocycles. The van der Waals surface area contributed by atoms with Gasteiger partial charge in [0.2, 0.25) is 0 Å². The van der Waals surface area contributed by atoms with Crippen molar-refractivity contribution in [3.63, 3.8) is 0 Å². The molecule has 0 fully saturated rings. The quantitative estimate of drug-likeness (QED) is 0.538. The molecule has 0 unspecified atom stereocenters. The van der Waals surface area contributed by atoms with Crippen LogP contribution >= 0.6 is 0 Å². The van der Waals surface area contributed by atoms with E-state index in [2.05, 4.69) is 0 Å².